The number of aliphatic hydroxyl groups excluding tert-OH is 2. The second-order valence-corrected chi connectivity index (χ2v) is 9.96. The first-order chi connectivity index (χ1) is 17.2. The van der Waals surface area contributed by atoms with Gasteiger partial charge in [0.2, 0.25) is 0 Å². The van der Waals surface area contributed by atoms with E-state index in [9.17, 15) is 24.2 Å². The average molecular weight is 499 g/mol. The Balaban J connectivity index is 1.32. The monoisotopic (exact) mass is 498 g/mol. The van der Waals surface area contributed by atoms with Crippen LogP contribution >= 0.6 is 0 Å². The second kappa shape index (κ2) is 10.8. The van der Waals surface area contributed by atoms with E-state index in [1.54, 1.807) is 6.07 Å². The van der Waals surface area contributed by atoms with Crippen LogP contribution in [-0.2, 0) is 22.7 Å². The average Bonchev–Trinajstić information content (AvgIpc) is 3.30. The molecule has 5 N–H and O–H groups in total. The number of fused-ring (bicyclic) bond motifs is 1. The molecule has 2 aromatic carbocycles. The van der Waals surface area contributed by atoms with Crippen LogP contribution < -0.4 is 16.0 Å². The number of aliphatic hydroxyl groups is 2. The van der Waals surface area contributed by atoms with E-state index in [0.717, 1.165) is 36.1 Å². The van der Waals surface area contributed by atoms with Crippen molar-refractivity contribution >= 4 is 23.2 Å². The summed E-state index contributed by atoms with van der Waals surface area (Å²) in [7, 11) is 0. The molecule has 2 aliphatic rings. The van der Waals surface area contributed by atoms with Crippen LogP contribution in [-0.4, -0.2) is 57.8 Å². The van der Waals surface area contributed by atoms with Gasteiger partial charge in [-0.3, -0.25) is 9.59 Å². The lowest BCUT2D eigenvalue weighted by molar-refractivity contribution is -0.153. The molecule has 0 aromatic heterocycles. The third-order valence-electron chi connectivity index (χ3n) is 7.43. The minimum Gasteiger partial charge on any atom is -0.397 e. The topological polar surface area (TPSA) is 119 Å². The summed E-state index contributed by atoms with van der Waals surface area (Å²) in [5.74, 6) is -1.67. The van der Waals surface area contributed by atoms with Crippen LogP contribution in [0.1, 0.15) is 44.2 Å². The summed E-state index contributed by atoms with van der Waals surface area (Å²) in [5, 5.41) is 23.5. The molecule has 2 heterocycles. The SMILES string of the molecule is CC[C@H]1CC(CNC(=O)[C@H](O)[C@@H](O)C(=O)N2Cc3ccccc3C2)C[C@@H](C)N1c1ccc(F)cc1N. The van der Waals surface area contributed by atoms with E-state index in [-0.39, 0.29) is 23.8 Å². The highest BCUT2D eigenvalue weighted by Crippen LogP contribution is 2.36. The van der Waals surface area contributed by atoms with Gasteiger partial charge in [-0.15, -0.1) is 0 Å². The lowest BCUT2D eigenvalue weighted by Crippen LogP contribution is -2.52. The van der Waals surface area contributed by atoms with Gasteiger partial charge in [-0.25, -0.2) is 4.39 Å². The zero-order valence-electron chi connectivity index (χ0n) is 20.7. The summed E-state index contributed by atoms with van der Waals surface area (Å²) >= 11 is 0. The van der Waals surface area contributed by atoms with Crippen LogP contribution in [0.5, 0.6) is 0 Å². The van der Waals surface area contributed by atoms with E-state index >= 15 is 0 Å². The van der Waals surface area contributed by atoms with E-state index in [1.165, 1.54) is 17.0 Å². The predicted molar refractivity (Wildman–Crippen MR) is 135 cm³/mol. The van der Waals surface area contributed by atoms with Gasteiger partial charge in [-0.05, 0) is 61.4 Å². The van der Waals surface area contributed by atoms with Crippen molar-refractivity contribution in [3.63, 3.8) is 0 Å². The highest BCUT2D eigenvalue weighted by atomic mass is 19.1. The van der Waals surface area contributed by atoms with Gasteiger partial charge < -0.3 is 31.1 Å². The van der Waals surface area contributed by atoms with E-state index < -0.39 is 24.0 Å². The van der Waals surface area contributed by atoms with Gasteiger partial charge in [-0.2, -0.15) is 0 Å². The smallest absolute Gasteiger partial charge is 0.255 e. The first kappa shape index (κ1) is 25.9. The van der Waals surface area contributed by atoms with Gasteiger partial charge in [0.05, 0.1) is 11.4 Å². The molecule has 9 heteroatoms. The zero-order valence-corrected chi connectivity index (χ0v) is 20.7. The largest absolute Gasteiger partial charge is 0.397 e. The molecule has 1 saturated heterocycles. The molecule has 1 unspecified atom stereocenters. The van der Waals surface area contributed by atoms with Gasteiger partial charge in [0.1, 0.15) is 5.82 Å². The molecule has 5 atom stereocenters. The molecule has 0 aliphatic carbocycles. The van der Waals surface area contributed by atoms with Crippen molar-refractivity contribution in [2.45, 2.75) is 70.5 Å². The summed E-state index contributed by atoms with van der Waals surface area (Å²) in [6.07, 6.45) is -1.29. The maximum atomic E-state index is 13.6. The molecule has 2 aliphatic heterocycles. The molecule has 2 amide bonds. The number of benzene rings is 2. The van der Waals surface area contributed by atoms with Gasteiger partial charge >= 0.3 is 0 Å². The number of amides is 2. The fraction of sp³-hybridized carbons (Fsp3) is 0.481. The number of nitrogens with zero attached hydrogens (tertiary/aromatic N) is 2. The maximum Gasteiger partial charge on any atom is 0.255 e. The molecule has 36 heavy (non-hydrogen) atoms. The zero-order chi connectivity index (χ0) is 26.0. The van der Waals surface area contributed by atoms with E-state index in [1.807, 2.05) is 24.3 Å². The van der Waals surface area contributed by atoms with E-state index in [2.05, 4.69) is 24.1 Å². The van der Waals surface area contributed by atoms with Crippen molar-refractivity contribution in [1.29, 1.82) is 0 Å². The molecule has 0 spiro atoms. The third-order valence-corrected chi connectivity index (χ3v) is 7.43. The quantitative estimate of drug-likeness (QED) is 0.435. The minimum absolute atomic E-state index is 0.104. The minimum atomic E-state index is -1.85. The number of nitrogen functional groups attached to an aromatic ring is 1. The van der Waals surface area contributed by atoms with Crippen LogP contribution in [0.3, 0.4) is 0 Å². The number of halogens is 1. The van der Waals surface area contributed by atoms with Crippen LogP contribution in [0.2, 0.25) is 0 Å². The first-order valence-electron chi connectivity index (χ1n) is 12.5. The number of anilines is 2. The number of piperidine rings is 1. The lowest BCUT2D eigenvalue weighted by Gasteiger charge is -2.46. The Labute approximate surface area is 210 Å². The van der Waals surface area contributed by atoms with Crippen LogP contribution in [0.4, 0.5) is 15.8 Å². The lowest BCUT2D eigenvalue weighted by atomic mass is 9.84. The summed E-state index contributed by atoms with van der Waals surface area (Å²) in [4.78, 5) is 29.0. The summed E-state index contributed by atoms with van der Waals surface area (Å²) in [5.41, 5.74) is 9.28. The Kier molecular flexibility index (Phi) is 7.80. The Hall–Kier alpha value is -3.17. The number of carbonyl (C=O) groups excluding carboxylic acids is 2. The molecule has 4 rings (SSSR count). The Morgan fingerprint density at radius 2 is 1.78 bits per heavy atom. The molecule has 0 radical (unpaired) electrons. The standard InChI is InChI=1S/C27H35FN4O4/c1-3-21-11-17(10-16(2)32(21)23-9-8-20(28)12-22(23)29)13-30-26(35)24(33)25(34)27(36)31-14-18-6-4-5-7-19(18)15-31/h4-9,12,16-17,21,24-25,33-34H,3,10-11,13-15,29H2,1-2H3,(H,30,35)/t16-,17?,21+,24-,25-/m1/s1. The number of nitrogens with one attached hydrogen (secondary N) is 1. The second-order valence-electron chi connectivity index (χ2n) is 9.96. The van der Waals surface area contributed by atoms with Crippen molar-refractivity contribution in [2.24, 2.45) is 5.92 Å². The van der Waals surface area contributed by atoms with Crippen molar-refractivity contribution in [3.8, 4) is 0 Å². The van der Waals surface area contributed by atoms with Crippen LogP contribution in [0.25, 0.3) is 0 Å². The van der Waals surface area contributed by atoms with E-state index in [0.29, 0.717) is 25.3 Å². The Morgan fingerprint density at radius 3 is 2.39 bits per heavy atom. The number of nitrogens with two attached hydrogens (primary N) is 1. The Morgan fingerprint density at radius 1 is 1.11 bits per heavy atom. The fourth-order valence-electron chi connectivity index (χ4n) is 5.58. The van der Waals surface area contributed by atoms with Crippen LogP contribution in [0, 0.1) is 11.7 Å². The molecular weight excluding hydrogens is 463 g/mol. The molecule has 194 valence electrons. The number of carbonyl (C=O) groups is 2. The molecule has 8 nitrogen and oxygen atoms in total. The molecule has 2 aromatic rings. The summed E-state index contributed by atoms with van der Waals surface area (Å²) in [6.45, 7) is 5.15. The van der Waals surface area contributed by atoms with Crippen LogP contribution in [0.15, 0.2) is 42.5 Å². The molecule has 0 saturated carbocycles. The maximum absolute atomic E-state index is 13.6. The van der Waals surface area contributed by atoms with E-state index in [4.69, 9.17) is 5.73 Å². The Bertz CT molecular complexity index is 1090. The first-order valence-corrected chi connectivity index (χ1v) is 12.5. The highest BCUT2D eigenvalue weighted by Gasteiger charge is 2.37. The molecule has 0 bridgehead atoms. The van der Waals surface area contributed by atoms with Crippen molar-refractivity contribution < 1.29 is 24.2 Å². The highest BCUT2D eigenvalue weighted by molar-refractivity contribution is 5.91. The van der Waals surface area contributed by atoms with Crippen molar-refractivity contribution in [1.82, 2.24) is 10.2 Å². The molecular formula is C27H35FN4O4. The summed E-state index contributed by atoms with van der Waals surface area (Å²) in [6, 6.07) is 12.3. The van der Waals surface area contributed by atoms with Gasteiger partial charge in [0.25, 0.3) is 11.8 Å². The van der Waals surface area contributed by atoms with Crippen molar-refractivity contribution in [3.05, 3.63) is 59.4 Å². The van der Waals surface area contributed by atoms with Gasteiger partial charge in [0.15, 0.2) is 12.2 Å². The van der Waals surface area contributed by atoms with Gasteiger partial charge in [0, 0.05) is 31.7 Å². The molecule has 1 fully saturated rings. The summed E-state index contributed by atoms with van der Waals surface area (Å²) < 4.78 is 13.6. The van der Waals surface area contributed by atoms with Crippen molar-refractivity contribution in [2.75, 3.05) is 17.2 Å². The third kappa shape index (κ3) is 5.32. The number of rotatable bonds is 7. The number of hydrogen-bond donors (Lipinski definition) is 4. The normalized spacial score (nSPS) is 23.2. The predicted octanol–water partition coefficient (Wildman–Crippen LogP) is 2.17. The van der Waals surface area contributed by atoms with Gasteiger partial charge in [-0.1, -0.05) is 31.2 Å². The fourth-order valence-corrected chi connectivity index (χ4v) is 5.58. The number of hydrogen-bond acceptors (Lipinski definition) is 6.